The summed E-state index contributed by atoms with van der Waals surface area (Å²) in [6.45, 7) is 4.14. The van der Waals surface area contributed by atoms with Gasteiger partial charge in [0.1, 0.15) is 5.70 Å². The number of hydrogen-bond acceptors (Lipinski definition) is 4. The van der Waals surface area contributed by atoms with Crippen molar-refractivity contribution in [2.24, 2.45) is 5.92 Å². The fourth-order valence-corrected chi connectivity index (χ4v) is 4.54. The van der Waals surface area contributed by atoms with E-state index in [0.29, 0.717) is 22.2 Å². The van der Waals surface area contributed by atoms with Gasteiger partial charge in [-0.1, -0.05) is 36.7 Å². The van der Waals surface area contributed by atoms with Gasteiger partial charge in [0.25, 0.3) is 11.8 Å². The van der Waals surface area contributed by atoms with E-state index < -0.39 is 0 Å². The molecule has 4 nitrogen and oxygen atoms in total. The molecule has 2 aliphatic rings. The number of carbonyl (C=O) groups is 2. The number of imide groups is 1. The van der Waals surface area contributed by atoms with E-state index in [2.05, 4.69) is 11.8 Å². The van der Waals surface area contributed by atoms with E-state index in [-0.39, 0.29) is 18.4 Å². The molecule has 1 aromatic heterocycles. The first kappa shape index (κ1) is 18.3. The van der Waals surface area contributed by atoms with Gasteiger partial charge >= 0.3 is 0 Å². The molecular formula is C21H21ClN2O2S. The predicted octanol–water partition coefficient (Wildman–Crippen LogP) is 4.41. The van der Waals surface area contributed by atoms with Crippen molar-refractivity contribution < 1.29 is 9.59 Å². The topological polar surface area (TPSA) is 40.6 Å². The summed E-state index contributed by atoms with van der Waals surface area (Å²) in [6.07, 6.45) is 2.08. The number of hydrogen-bond donors (Lipinski definition) is 0. The molecule has 2 amide bonds. The molecule has 0 aliphatic carbocycles. The summed E-state index contributed by atoms with van der Waals surface area (Å²) in [4.78, 5) is 30.8. The van der Waals surface area contributed by atoms with Crippen LogP contribution in [0.4, 0.5) is 0 Å². The van der Waals surface area contributed by atoms with Crippen molar-refractivity contribution in [1.29, 1.82) is 0 Å². The van der Waals surface area contributed by atoms with E-state index in [1.807, 2.05) is 29.6 Å². The van der Waals surface area contributed by atoms with Crippen LogP contribution in [0.3, 0.4) is 0 Å². The number of amides is 2. The number of carbonyl (C=O) groups excluding carboxylic acids is 2. The van der Waals surface area contributed by atoms with Crippen molar-refractivity contribution in [3.63, 3.8) is 0 Å². The van der Waals surface area contributed by atoms with Crippen LogP contribution in [0.5, 0.6) is 0 Å². The molecular weight excluding hydrogens is 380 g/mol. The van der Waals surface area contributed by atoms with Crippen molar-refractivity contribution >= 4 is 40.3 Å². The van der Waals surface area contributed by atoms with Crippen molar-refractivity contribution in [3.8, 4) is 0 Å². The summed E-state index contributed by atoms with van der Waals surface area (Å²) < 4.78 is 0. The lowest BCUT2D eigenvalue weighted by molar-refractivity contribution is -0.138. The molecule has 0 unspecified atom stereocenters. The minimum Gasteiger partial charge on any atom is -0.366 e. The van der Waals surface area contributed by atoms with E-state index >= 15 is 0 Å². The van der Waals surface area contributed by atoms with Gasteiger partial charge in [0, 0.05) is 23.0 Å². The second-order valence-corrected chi connectivity index (χ2v) is 8.58. The third kappa shape index (κ3) is 3.54. The zero-order chi connectivity index (χ0) is 19.0. The highest BCUT2D eigenvalue weighted by atomic mass is 35.5. The molecule has 6 heteroatoms. The average Bonchev–Trinajstić information content (AvgIpc) is 3.26. The Hall–Kier alpha value is -2.11. The summed E-state index contributed by atoms with van der Waals surface area (Å²) in [5, 5.41) is 2.58. The second-order valence-electron chi connectivity index (χ2n) is 7.19. The molecule has 0 radical (unpaired) electrons. The fourth-order valence-electron chi connectivity index (χ4n) is 3.65. The van der Waals surface area contributed by atoms with Gasteiger partial charge in [-0.05, 0) is 47.9 Å². The Morgan fingerprint density at radius 1 is 1.07 bits per heavy atom. The summed E-state index contributed by atoms with van der Waals surface area (Å²) in [5.74, 6) is 0.267. The van der Waals surface area contributed by atoms with Crippen molar-refractivity contribution in [2.75, 3.05) is 13.1 Å². The van der Waals surface area contributed by atoms with Crippen LogP contribution in [-0.4, -0.2) is 34.7 Å². The SMILES string of the molecule is CC1CCN(C2=C(c3cccs3)C(=O)N(Cc3ccc(Cl)cc3)C2=O)CC1. The quantitative estimate of drug-likeness (QED) is 0.713. The van der Waals surface area contributed by atoms with Crippen molar-refractivity contribution in [3.05, 3.63) is 62.9 Å². The van der Waals surface area contributed by atoms with Crippen LogP contribution in [0.25, 0.3) is 5.57 Å². The Morgan fingerprint density at radius 2 is 1.78 bits per heavy atom. The molecule has 1 saturated heterocycles. The van der Waals surface area contributed by atoms with Gasteiger partial charge in [-0.3, -0.25) is 14.5 Å². The largest absolute Gasteiger partial charge is 0.366 e. The zero-order valence-corrected chi connectivity index (χ0v) is 16.7. The lowest BCUT2D eigenvalue weighted by atomic mass is 9.98. The zero-order valence-electron chi connectivity index (χ0n) is 15.2. The number of piperidine rings is 1. The second kappa shape index (κ2) is 7.49. The molecule has 1 fully saturated rings. The predicted molar refractivity (Wildman–Crippen MR) is 108 cm³/mol. The van der Waals surface area contributed by atoms with E-state index in [4.69, 9.17) is 11.6 Å². The summed E-state index contributed by atoms with van der Waals surface area (Å²) in [6, 6.07) is 11.1. The first-order valence-corrected chi connectivity index (χ1v) is 10.4. The molecule has 140 valence electrons. The summed E-state index contributed by atoms with van der Waals surface area (Å²) >= 11 is 7.45. The van der Waals surface area contributed by atoms with E-state index in [9.17, 15) is 9.59 Å². The Morgan fingerprint density at radius 3 is 2.41 bits per heavy atom. The molecule has 1 aromatic carbocycles. The van der Waals surface area contributed by atoms with E-state index in [1.165, 1.54) is 16.2 Å². The van der Waals surface area contributed by atoms with Crippen molar-refractivity contribution in [1.82, 2.24) is 9.80 Å². The third-order valence-corrected chi connectivity index (χ3v) is 6.40. The number of halogens is 1. The number of likely N-dealkylation sites (tertiary alicyclic amines) is 1. The first-order chi connectivity index (χ1) is 13.0. The number of benzene rings is 1. The molecule has 0 atom stereocenters. The third-order valence-electron chi connectivity index (χ3n) is 5.26. The Balaban J connectivity index is 1.67. The number of nitrogens with zero attached hydrogens (tertiary/aromatic N) is 2. The van der Waals surface area contributed by atoms with Gasteiger partial charge in [-0.15, -0.1) is 11.3 Å². The normalized spacial score (nSPS) is 18.7. The molecule has 0 spiro atoms. The average molecular weight is 401 g/mol. The van der Waals surface area contributed by atoms with Gasteiger partial charge in [0.2, 0.25) is 0 Å². The smallest absolute Gasteiger partial charge is 0.278 e. The summed E-state index contributed by atoms with van der Waals surface area (Å²) in [5.41, 5.74) is 2.02. The maximum Gasteiger partial charge on any atom is 0.278 e. The first-order valence-electron chi connectivity index (χ1n) is 9.18. The lowest BCUT2D eigenvalue weighted by Crippen LogP contribution is -2.38. The highest BCUT2D eigenvalue weighted by molar-refractivity contribution is 7.11. The molecule has 27 heavy (non-hydrogen) atoms. The highest BCUT2D eigenvalue weighted by Crippen LogP contribution is 2.36. The Bertz CT molecular complexity index is 881. The van der Waals surface area contributed by atoms with Gasteiger partial charge in [0.05, 0.1) is 12.1 Å². The van der Waals surface area contributed by atoms with Crippen LogP contribution in [-0.2, 0) is 16.1 Å². The minimum absolute atomic E-state index is 0.187. The Labute approximate surface area is 168 Å². The van der Waals surface area contributed by atoms with Gasteiger partial charge < -0.3 is 4.90 Å². The van der Waals surface area contributed by atoms with Gasteiger partial charge in [-0.2, -0.15) is 0 Å². The Kier molecular flexibility index (Phi) is 5.06. The molecule has 3 heterocycles. The van der Waals surface area contributed by atoms with Crippen LogP contribution < -0.4 is 0 Å². The fraction of sp³-hybridized carbons (Fsp3) is 0.333. The maximum atomic E-state index is 13.3. The van der Waals surface area contributed by atoms with Crippen LogP contribution >= 0.6 is 22.9 Å². The van der Waals surface area contributed by atoms with Crippen molar-refractivity contribution in [2.45, 2.75) is 26.3 Å². The molecule has 0 saturated carbocycles. The highest BCUT2D eigenvalue weighted by Gasteiger charge is 2.42. The van der Waals surface area contributed by atoms with E-state index in [1.54, 1.807) is 12.1 Å². The summed E-state index contributed by atoms with van der Waals surface area (Å²) in [7, 11) is 0. The van der Waals surface area contributed by atoms with Gasteiger partial charge in [-0.25, -0.2) is 0 Å². The number of thiophene rings is 1. The van der Waals surface area contributed by atoms with Crippen LogP contribution in [0.2, 0.25) is 5.02 Å². The van der Waals surface area contributed by atoms with Crippen LogP contribution in [0.15, 0.2) is 47.5 Å². The number of rotatable bonds is 4. The molecule has 0 N–H and O–H groups in total. The molecule has 2 aromatic rings. The standard InChI is InChI=1S/C21H21ClN2O2S/c1-14-8-10-23(11-9-14)19-18(17-3-2-12-27-17)20(25)24(21(19)26)13-15-4-6-16(22)7-5-15/h2-7,12,14H,8-11,13H2,1H3. The van der Waals surface area contributed by atoms with Crippen LogP contribution in [0, 0.1) is 5.92 Å². The lowest BCUT2D eigenvalue weighted by Gasteiger charge is -2.32. The maximum absolute atomic E-state index is 13.3. The van der Waals surface area contributed by atoms with Crippen LogP contribution in [0.1, 0.15) is 30.2 Å². The molecule has 4 rings (SSSR count). The van der Waals surface area contributed by atoms with E-state index in [0.717, 1.165) is 36.4 Å². The van der Waals surface area contributed by atoms with Gasteiger partial charge in [0.15, 0.2) is 0 Å². The monoisotopic (exact) mass is 400 g/mol. The molecule has 0 bridgehead atoms. The molecule has 2 aliphatic heterocycles. The minimum atomic E-state index is -0.203.